The van der Waals surface area contributed by atoms with Gasteiger partial charge in [-0.05, 0) is 55.4 Å². The van der Waals surface area contributed by atoms with Crippen LogP contribution >= 0.6 is 22.9 Å². The van der Waals surface area contributed by atoms with Crippen molar-refractivity contribution in [2.45, 2.75) is 18.9 Å². The summed E-state index contributed by atoms with van der Waals surface area (Å²) in [5.41, 5.74) is 1.61. The summed E-state index contributed by atoms with van der Waals surface area (Å²) in [4.78, 5) is 22.6. The first-order chi connectivity index (χ1) is 16.4. The molecule has 4 aromatic rings. The summed E-state index contributed by atoms with van der Waals surface area (Å²) in [5.74, 6) is 0.784. The Balaban J connectivity index is 1.36. The van der Waals surface area contributed by atoms with Gasteiger partial charge in [0.05, 0.1) is 18.4 Å². The summed E-state index contributed by atoms with van der Waals surface area (Å²) in [7, 11) is 1.74. The number of benzene rings is 1. The summed E-state index contributed by atoms with van der Waals surface area (Å²) in [6, 6.07) is 15.4. The highest BCUT2D eigenvalue weighted by atomic mass is 35.5. The minimum atomic E-state index is -2.34. The highest BCUT2D eigenvalue weighted by Gasteiger charge is 2.27. The van der Waals surface area contributed by atoms with Gasteiger partial charge in [-0.25, -0.2) is 13.8 Å². The van der Waals surface area contributed by atoms with Crippen molar-refractivity contribution in [3.05, 3.63) is 76.3 Å². The quantitative estimate of drug-likeness (QED) is 0.348. The number of alkyl halides is 2. The highest BCUT2D eigenvalue weighted by Crippen LogP contribution is 2.32. The van der Waals surface area contributed by atoms with Crippen molar-refractivity contribution in [1.29, 1.82) is 0 Å². The number of fused-ring (bicyclic) bond motifs is 1. The van der Waals surface area contributed by atoms with Crippen LogP contribution in [-0.4, -0.2) is 53.6 Å². The van der Waals surface area contributed by atoms with Crippen LogP contribution in [0.15, 0.2) is 65.7 Å². The molecule has 5 rings (SSSR count). The molecule has 5 nitrogen and oxygen atoms in total. The topological polar surface area (TPSA) is 41.4 Å². The molecule has 3 aromatic heterocycles. The largest absolute Gasteiger partial charge is 0.355 e. The molecule has 0 amide bonds. The summed E-state index contributed by atoms with van der Waals surface area (Å²) in [6.07, 6.45) is 1.94. The lowest BCUT2D eigenvalue weighted by atomic mass is 10.2. The molecule has 176 valence electrons. The Morgan fingerprint density at radius 3 is 2.71 bits per heavy atom. The maximum atomic E-state index is 13.2. The molecule has 0 saturated carbocycles. The number of halogens is 3. The fourth-order valence-electron chi connectivity index (χ4n) is 4.37. The van der Waals surface area contributed by atoms with Crippen LogP contribution in [0.2, 0.25) is 5.02 Å². The van der Waals surface area contributed by atoms with E-state index in [1.807, 2.05) is 48.5 Å². The first-order valence-corrected chi connectivity index (χ1v) is 12.2. The molecule has 1 aliphatic rings. The number of aromatic nitrogens is 2. The molecular weight excluding hydrogens is 478 g/mol. The van der Waals surface area contributed by atoms with Gasteiger partial charge in [0.25, 0.3) is 12.0 Å². The smallest absolute Gasteiger partial charge is 0.273 e. The Morgan fingerprint density at radius 2 is 2.00 bits per heavy atom. The van der Waals surface area contributed by atoms with Gasteiger partial charge in [0.1, 0.15) is 10.5 Å². The van der Waals surface area contributed by atoms with Gasteiger partial charge in [-0.3, -0.25) is 14.3 Å². The second kappa shape index (κ2) is 9.44. The van der Waals surface area contributed by atoms with Crippen LogP contribution in [-0.2, 0) is 0 Å². The third kappa shape index (κ3) is 4.58. The lowest BCUT2D eigenvalue weighted by Gasteiger charge is -2.24. The number of hydrogen-bond donors (Lipinski definition) is 0. The van der Waals surface area contributed by atoms with E-state index in [-0.39, 0.29) is 18.1 Å². The maximum absolute atomic E-state index is 13.2. The molecule has 4 heterocycles. The average molecular weight is 501 g/mol. The van der Waals surface area contributed by atoms with E-state index in [0.29, 0.717) is 22.0 Å². The predicted octanol–water partition coefficient (Wildman–Crippen LogP) is 5.54. The fraction of sp³-hybridized carbons (Fsp3) is 0.280. The van der Waals surface area contributed by atoms with Crippen molar-refractivity contribution in [2.75, 3.05) is 31.6 Å². The zero-order valence-electron chi connectivity index (χ0n) is 18.5. The Labute approximate surface area is 204 Å². The number of pyridine rings is 2. The van der Waals surface area contributed by atoms with E-state index < -0.39 is 6.43 Å². The minimum absolute atomic E-state index is 0.0779. The highest BCUT2D eigenvalue weighted by molar-refractivity contribution is 7.22. The molecule has 0 N–H and O–H groups in total. The summed E-state index contributed by atoms with van der Waals surface area (Å²) < 4.78 is 27.7. The SMILES string of the molecule is CN(CC(F)F)[C@@H]1CCN(c2ccc(-n3ccc4cc(-c5ccc(Cl)cc5)sc4c3=O)cn2)C1. The number of rotatable bonds is 6. The molecular formula is C25H23ClF2N4OS. The number of thiophene rings is 1. The van der Waals surface area contributed by atoms with Gasteiger partial charge in [0.15, 0.2) is 0 Å². The Hall–Kier alpha value is -2.81. The molecule has 34 heavy (non-hydrogen) atoms. The summed E-state index contributed by atoms with van der Waals surface area (Å²) in [6.45, 7) is 1.20. The second-order valence-electron chi connectivity index (χ2n) is 8.49. The van der Waals surface area contributed by atoms with Crippen LogP contribution in [0.4, 0.5) is 14.6 Å². The molecule has 1 aliphatic heterocycles. The lowest BCUT2D eigenvalue weighted by Crippen LogP contribution is -2.37. The minimum Gasteiger partial charge on any atom is -0.355 e. The lowest BCUT2D eigenvalue weighted by molar-refractivity contribution is 0.0848. The van der Waals surface area contributed by atoms with Gasteiger partial charge in [-0.1, -0.05) is 23.7 Å². The number of hydrogen-bond acceptors (Lipinski definition) is 5. The van der Waals surface area contributed by atoms with Crippen molar-refractivity contribution in [3.63, 3.8) is 0 Å². The average Bonchev–Trinajstić information content (AvgIpc) is 3.48. The normalized spacial score (nSPS) is 16.3. The van der Waals surface area contributed by atoms with Crippen molar-refractivity contribution in [2.24, 2.45) is 0 Å². The van der Waals surface area contributed by atoms with E-state index in [4.69, 9.17) is 11.6 Å². The Kier molecular flexibility index (Phi) is 6.38. The number of nitrogens with zero attached hydrogens (tertiary/aromatic N) is 4. The van der Waals surface area contributed by atoms with Crippen molar-refractivity contribution >= 4 is 38.8 Å². The van der Waals surface area contributed by atoms with Gasteiger partial charge < -0.3 is 4.90 Å². The van der Waals surface area contributed by atoms with E-state index in [0.717, 1.165) is 34.6 Å². The van der Waals surface area contributed by atoms with Crippen LogP contribution < -0.4 is 10.5 Å². The van der Waals surface area contributed by atoms with Crippen LogP contribution in [0.5, 0.6) is 0 Å². The Morgan fingerprint density at radius 1 is 1.21 bits per heavy atom. The van der Waals surface area contributed by atoms with Gasteiger partial charge >= 0.3 is 0 Å². The fourth-order valence-corrected chi connectivity index (χ4v) is 5.59. The molecule has 0 unspecified atom stereocenters. The molecule has 9 heteroatoms. The molecule has 1 saturated heterocycles. The zero-order chi connectivity index (χ0) is 23.8. The molecule has 0 bridgehead atoms. The van der Waals surface area contributed by atoms with Crippen LogP contribution in [0, 0.1) is 0 Å². The van der Waals surface area contributed by atoms with Crippen LogP contribution in [0.3, 0.4) is 0 Å². The van der Waals surface area contributed by atoms with Gasteiger partial charge in [0.2, 0.25) is 0 Å². The van der Waals surface area contributed by atoms with Crippen LogP contribution in [0.25, 0.3) is 26.2 Å². The number of likely N-dealkylation sites (N-methyl/N-ethyl adjacent to an activating group) is 1. The van der Waals surface area contributed by atoms with E-state index in [1.165, 1.54) is 11.3 Å². The predicted molar refractivity (Wildman–Crippen MR) is 135 cm³/mol. The Bertz CT molecular complexity index is 1350. The first-order valence-electron chi connectivity index (χ1n) is 11.0. The standard InChI is InChI=1S/C25H23ClF2N4OS/c1-30(15-22(27)28)20-9-10-31(14-20)23-7-6-19(13-29-23)32-11-8-17-12-21(34-24(17)25(32)33)16-2-4-18(26)5-3-16/h2-8,11-13,20,22H,9-10,14-15H2,1H3/t20-/m1/s1. The molecule has 1 aromatic carbocycles. The second-order valence-corrected chi connectivity index (χ2v) is 9.98. The van der Waals surface area contributed by atoms with Crippen molar-refractivity contribution < 1.29 is 8.78 Å². The van der Waals surface area contributed by atoms with Gasteiger partial charge in [-0.15, -0.1) is 11.3 Å². The van der Waals surface area contributed by atoms with Crippen molar-refractivity contribution in [1.82, 2.24) is 14.5 Å². The van der Waals surface area contributed by atoms with Crippen molar-refractivity contribution in [3.8, 4) is 16.1 Å². The number of anilines is 1. The van der Waals surface area contributed by atoms with Gasteiger partial charge in [-0.2, -0.15) is 0 Å². The van der Waals surface area contributed by atoms with E-state index in [2.05, 4.69) is 9.88 Å². The molecule has 0 spiro atoms. The third-order valence-corrected chi connectivity index (χ3v) is 7.69. The van der Waals surface area contributed by atoms with Crippen LogP contribution in [0.1, 0.15) is 6.42 Å². The first kappa shape index (κ1) is 23.0. The monoisotopic (exact) mass is 500 g/mol. The molecule has 1 fully saturated rings. The van der Waals surface area contributed by atoms with E-state index in [1.54, 1.807) is 28.9 Å². The maximum Gasteiger partial charge on any atom is 0.273 e. The van der Waals surface area contributed by atoms with E-state index in [9.17, 15) is 13.6 Å². The molecule has 0 aliphatic carbocycles. The zero-order valence-corrected chi connectivity index (χ0v) is 20.1. The molecule has 0 radical (unpaired) electrons. The summed E-state index contributed by atoms with van der Waals surface area (Å²) in [5, 5.41) is 1.57. The summed E-state index contributed by atoms with van der Waals surface area (Å²) >= 11 is 7.45. The molecule has 1 atom stereocenters. The van der Waals surface area contributed by atoms with Gasteiger partial charge in [0, 0.05) is 40.6 Å². The van der Waals surface area contributed by atoms with E-state index >= 15 is 0 Å². The third-order valence-electron chi connectivity index (χ3n) is 6.25.